The van der Waals surface area contributed by atoms with Crippen LogP contribution in [-0.2, 0) is 9.47 Å². The van der Waals surface area contributed by atoms with Gasteiger partial charge in [-0.15, -0.1) is 0 Å². The predicted molar refractivity (Wildman–Crippen MR) is 61.7 cm³/mol. The van der Waals surface area contributed by atoms with Crippen LogP contribution in [0.1, 0.15) is 32.6 Å². The van der Waals surface area contributed by atoms with Crippen LogP contribution in [0.3, 0.4) is 0 Å². The molecule has 0 radical (unpaired) electrons. The van der Waals surface area contributed by atoms with Gasteiger partial charge in [0.1, 0.15) is 0 Å². The summed E-state index contributed by atoms with van der Waals surface area (Å²) in [7, 11) is 0. The van der Waals surface area contributed by atoms with Gasteiger partial charge in [-0.2, -0.15) is 0 Å². The minimum absolute atomic E-state index is 0.0216. The molecule has 1 unspecified atom stereocenters. The van der Waals surface area contributed by atoms with E-state index in [1.807, 2.05) is 0 Å². The molecule has 2 heterocycles. The molecule has 0 aromatic rings. The van der Waals surface area contributed by atoms with Crippen LogP contribution in [-0.4, -0.2) is 54.1 Å². The fourth-order valence-corrected chi connectivity index (χ4v) is 2.56. The molecule has 5 nitrogen and oxygen atoms in total. The Hall–Kier alpha value is -0.810. The Kier molecular flexibility index (Phi) is 4.23. The van der Waals surface area contributed by atoms with Crippen molar-refractivity contribution in [3.05, 3.63) is 0 Å². The molecule has 2 rings (SSSR count). The first-order valence-corrected chi connectivity index (χ1v) is 6.43. The first-order chi connectivity index (χ1) is 8.22. The number of rotatable bonds is 3. The Bertz CT molecular complexity index is 257. The molecule has 0 spiro atoms. The van der Waals surface area contributed by atoms with Crippen molar-refractivity contribution in [1.82, 2.24) is 4.90 Å². The summed E-state index contributed by atoms with van der Waals surface area (Å²) >= 11 is 0. The highest BCUT2D eigenvalue weighted by molar-refractivity contribution is 5.69. The lowest BCUT2D eigenvalue weighted by molar-refractivity contribution is -0.0947. The lowest BCUT2D eigenvalue weighted by Gasteiger charge is -2.46. The van der Waals surface area contributed by atoms with E-state index in [1.165, 1.54) is 0 Å². The Morgan fingerprint density at radius 2 is 2.06 bits per heavy atom. The van der Waals surface area contributed by atoms with Crippen molar-refractivity contribution in [3.8, 4) is 0 Å². The highest BCUT2D eigenvalue weighted by Crippen LogP contribution is 2.28. The first kappa shape index (κ1) is 12.6. The van der Waals surface area contributed by atoms with Crippen molar-refractivity contribution in [2.75, 3.05) is 19.8 Å². The van der Waals surface area contributed by atoms with Crippen LogP contribution in [0.2, 0.25) is 0 Å². The number of aliphatic hydroxyl groups excluding tert-OH is 1. The van der Waals surface area contributed by atoms with Crippen molar-refractivity contribution < 1.29 is 19.4 Å². The van der Waals surface area contributed by atoms with Crippen molar-refractivity contribution >= 4 is 6.09 Å². The highest BCUT2D eigenvalue weighted by Gasteiger charge is 2.41. The van der Waals surface area contributed by atoms with E-state index in [0.717, 1.165) is 12.8 Å². The van der Waals surface area contributed by atoms with Gasteiger partial charge in [0.25, 0.3) is 0 Å². The number of hydrogen-bond donors (Lipinski definition) is 1. The summed E-state index contributed by atoms with van der Waals surface area (Å²) < 4.78 is 10.7. The summed E-state index contributed by atoms with van der Waals surface area (Å²) in [5.41, 5.74) is 0. The van der Waals surface area contributed by atoms with E-state index in [1.54, 1.807) is 4.90 Å². The molecule has 0 saturated carbocycles. The van der Waals surface area contributed by atoms with Gasteiger partial charge in [0, 0.05) is 0 Å². The van der Waals surface area contributed by atoms with Crippen molar-refractivity contribution in [2.45, 2.75) is 50.8 Å². The van der Waals surface area contributed by atoms with Crippen LogP contribution in [0.4, 0.5) is 4.79 Å². The number of amides is 1. The Labute approximate surface area is 102 Å². The van der Waals surface area contributed by atoms with E-state index in [0.29, 0.717) is 32.7 Å². The molecule has 3 atom stereocenters. The summed E-state index contributed by atoms with van der Waals surface area (Å²) in [5.74, 6) is 0. The molecular formula is C12H21NO4. The van der Waals surface area contributed by atoms with E-state index in [2.05, 4.69) is 6.92 Å². The molecule has 0 aliphatic carbocycles. The largest absolute Gasteiger partial charge is 0.449 e. The summed E-state index contributed by atoms with van der Waals surface area (Å²) in [6, 6.07) is -0.0433. The van der Waals surface area contributed by atoms with E-state index >= 15 is 0 Å². The van der Waals surface area contributed by atoms with Gasteiger partial charge in [-0.05, 0) is 19.3 Å². The van der Waals surface area contributed by atoms with E-state index < -0.39 is 0 Å². The summed E-state index contributed by atoms with van der Waals surface area (Å²) in [6.45, 7) is 3.56. The topological polar surface area (TPSA) is 59.0 Å². The molecule has 0 aromatic heterocycles. The van der Waals surface area contributed by atoms with Crippen LogP contribution < -0.4 is 0 Å². The number of ether oxygens (including phenoxy) is 2. The van der Waals surface area contributed by atoms with Gasteiger partial charge in [0.2, 0.25) is 0 Å². The maximum absolute atomic E-state index is 12.0. The molecule has 5 heteroatoms. The van der Waals surface area contributed by atoms with Crippen LogP contribution in [0, 0.1) is 0 Å². The fourth-order valence-electron chi connectivity index (χ4n) is 2.56. The zero-order chi connectivity index (χ0) is 12.3. The Balaban J connectivity index is 1.92. The van der Waals surface area contributed by atoms with Crippen LogP contribution in [0.5, 0.6) is 0 Å². The van der Waals surface area contributed by atoms with Crippen molar-refractivity contribution in [1.29, 1.82) is 0 Å². The lowest BCUT2D eigenvalue weighted by Crippen LogP contribution is -2.60. The SMILES string of the molecule is CCCCOC(=O)N1[C@@H]2COC[C@H]1CC(O)C2. The molecule has 2 aliphatic heterocycles. The van der Waals surface area contributed by atoms with Gasteiger partial charge >= 0.3 is 6.09 Å². The number of morpholine rings is 1. The Morgan fingerprint density at radius 3 is 2.65 bits per heavy atom. The van der Waals surface area contributed by atoms with Gasteiger partial charge < -0.3 is 14.6 Å². The van der Waals surface area contributed by atoms with Crippen LogP contribution >= 0.6 is 0 Å². The lowest BCUT2D eigenvalue weighted by atomic mass is 9.92. The number of carbonyl (C=O) groups is 1. The maximum Gasteiger partial charge on any atom is 0.410 e. The molecule has 1 N–H and O–H groups in total. The number of fused-ring (bicyclic) bond motifs is 2. The predicted octanol–water partition coefficient (Wildman–Crippen LogP) is 1.15. The van der Waals surface area contributed by atoms with E-state index in [-0.39, 0.29) is 24.3 Å². The molecular weight excluding hydrogens is 222 g/mol. The fraction of sp³-hybridized carbons (Fsp3) is 0.917. The number of unbranched alkanes of at least 4 members (excludes halogenated alkanes) is 1. The minimum Gasteiger partial charge on any atom is -0.449 e. The standard InChI is InChI=1S/C12H21NO4/c1-2-3-4-17-12(15)13-9-5-11(14)6-10(13)8-16-7-9/h9-11,14H,2-8H2,1H3/t9-,10+,11?. The monoisotopic (exact) mass is 243 g/mol. The quantitative estimate of drug-likeness (QED) is 0.755. The minimum atomic E-state index is -0.311. The van der Waals surface area contributed by atoms with Gasteiger partial charge in [-0.1, -0.05) is 13.3 Å². The van der Waals surface area contributed by atoms with Crippen LogP contribution in [0.15, 0.2) is 0 Å². The van der Waals surface area contributed by atoms with Gasteiger partial charge in [-0.3, -0.25) is 4.90 Å². The number of piperidine rings is 1. The second-order valence-corrected chi connectivity index (χ2v) is 4.85. The van der Waals surface area contributed by atoms with Crippen molar-refractivity contribution in [2.24, 2.45) is 0 Å². The van der Waals surface area contributed by atoms with E-state index in [4.69, 9.17) is 9.47 Å². The maximum atomic E-state index is 12.0. The Morgan fingerprint density at radius 1 is 1.41 bits per heavy atom. The third kappa shape index (κ3) is 2.90. The zero-order valence-electron chi connectivity index (χ0n) is 10.3. The number of hydrogen-bond acceptors (Lipinski definition) is 4. The summed E-state index contributed by atoms with van der Waals surface area (Å²) in [4.78, 5) is 13.7. The molecule has 1 amide bonds. The molecule has 2 bridgehead atoms. The first-order valence-electron chi connectivity index (χ1n) is 6.43. The second-order valence-electron chi connectivity index (χ2n) is 4.85. The summed E-state index contributed by atoms with van der Waals surface area (Å²) in [6.07, 6.45) is 2.55. The third-order valence-electron chi connectivity index (χ3n) is 3.43. The van der Waals surface area contributed by atoms with Gasteiger partial charge in [0.05, 0.1) is 38.0 Å². The number of carbonyl (C=O) groups excluding carboxylic acids is 1. The number of nitrogens with zero attached hydrogens (tertiary/aromatic N) is 1. The zero-order valence-corrected chi connectivity index (χ0v) is 10.3. The highest BCUT2D eigenvalue weighted by atomic mass is 16.6. The molecule has 0 aromatic carbocycles. The molecule has 17 heavy (non-hydrogen) atoms. The summed E-state index contributed by atoms with van der Waals surface area (Å²) in [5, 5.41) is 9.69. The average molecular weight is 243 g/mol. The smallest absolute Gasteiger partial charge is 0.410 e. The van der Waals surface area contributed by atoms with Gasteiger partial charge in [-0.25, -0.2) is 4.79 Å². The van der Waals surface area contributed by atoms with Gasteiger partial charge in [0.15, 0.2) is 0 Å². The average Bonchev–Trinajstić information content (AvgIpc) is 2.27. The van der Waals surface area contributed by atoms with Crippen LogP contribution in [0.25, 0.3) is 0 Å². The molecule has 2 aliphatic rings. The van der Waals surface area contributed by atoms with Crippen molar-refractivity contribution in [3.63, 3.8) is 0 Å². The third-order valence-corrected chi connectivity index (χ3v) is 3.43. The number of aliphatic hydroxyl groups is 1. The van der Waals surface area contributed by atoms with E-state index in [9.17, 15) is 9.90 Å². The molecule has 2 saturated heterocycles. The second kappa shape index (κ2) is 5.69. The molecule has 2 fully saturated rings. The molecule has 98 valence electrons. The normalized spacial score (nSPS) is 32.4.